The van der Waals surface area contributed by atoms with Crippen LogP contribution in [0.25, 0.3) is 0 Å². The number of aliphatic carboxylic acids is 1. The average molecular weight is 233 g/mol. The number of aromatic hydroxyl groups is 1. The maximum Gasteiger partial charge on any atom is 0.304 e. The summed E-state index contributed by atoms with van der Waals surface area (Å²) in [6, 6.07) is 6.33. The highest BCUT2D eigenvalue weighted by atomic mass is 16.4. The largest absolute Gasteiger partial charge is 0.508 e. The Bertz CT molecular complexity index is 490. The van der Waals surface area contributed by atoms with Gasteiger partial charge in [0.05, 0.1) is 18.5 Å². The van der Waals surface area contributed by atoms with E-state index in [0.29, 0.717) is 5.89 Å². The summed E-state index contributed by atoms with van der Waals surface area (Å²) in [7, 11) is 0. The van der Waals surface area contributed by atoms with Crippen LogP contribution < -0.4 is 0 Å². The molecule has 0 radical (unpaired) electrons. The molecule has 88 valence electrons. The molecule has 0 aliphatic heterocycles. The first kappa shape index (κ1) is 11.2. The number of nitrogens with zero attached hydrogens (tertiary/aromatic N) is 1. The van der Waals surface area contributed by atoms with Crippen LogP contribution in [-0.4, -0.2) is 21.2 Å². The van der Waals surface area contributed by atoms with Gasteiger partial charge in [0.15, 0.2) is 0 Å². The van der Waals surface area contributed by atoms with Crippen LogP contribution in [0.1, 0.15) is 23.8 Å². The predicted octanol–water partition coefficient (Wildman–Crippen LogP) is 1.99. The number of oxazole rings is 1. The molecule has 0 bridgehead atoms. The minimum atomic E-state index is -0.929. The molecule has 1 heterocycles. The van der Waals surface area contributed by atoms with Crippen molar-refractivity contribution in [2.75, 3.05) is 0 Å². The molecule has 0 amide bonds. The van der Waals surface area contributed by atoms with Crippen LogP contribution in [0, 0.1) is 0 Å². The maximum atomic E-state index is 10.8. The Kier molecular flexibility index (Phi) is 3.09. The molecule has 0 saturated heterocycles. The number of hydrogen-bond acceptors (Lipinski definition) is 4. The van der Waals surface area contributed by atoms with E-state index in [0.717, 1.165) is 5.56 Å². The quantitative estimate of drug-likeness (QED) is 0.843. The lowest BCUT2D eigenvalue weighted by Gasteiger charge is -2.11. The lowest BCUT2D eigenvalue weighted by Crippen LogP contribution is -2.08. The fourth-order valence-corrected chi connectivity index (χ4v) is 1.64. The van der Waals surface area contributed by atoms with Gasteiger partial charge in [-0.3, -0.25) is 4.79 Å². The number of carbonyl (C=O) groups is 1. The molecular weight excluding hydrogens is 222 g/mol. The molecule has 0 aliphatic carbocycles. The van der Waals surface area contributed by atoms with Crippen molar-refractivity contribution in [3.63, 3.8) is 0 Å². The van der Waals surface area contributed by atoms with Gasteiger partial charge in [-0.05, 0) is 17.7 Å². The Morgan fingerprint density at radius 2 is 2.06 bits per heavy atom. The Hall–Kier alpha value is -2.30. The zero-order valence-corrected chi connectivity index (χ0v) is 8.91. The van der Waals surface area contributed by atoms with Gasteiger partial charge >= 0.3 is 5.97 Å². The number of carboxylic acid groups (broad SMARTS) is 1. The molecular formula is C12H11NO4. The molecule has 2 rings (SSSR count). The van der Waals surface area contributed by atoms with Gasteiger partial charge in [-0.1, -0.05) is 12.1 Å². The SMILES string of the molecule is O=C(O)CC(c1ccc(O)cc1)c1ncco1. The van der Waals surface area contributed by atoms with Crippen molar-refractivity contribution >= 4 is 5.97 Å². The van der Waals surface area contributed by atoms with Crippen molar-refractivity contribution in [2.45, 2.75) is 12.3 Å². The topological polar surface area (TPSA) is 83.6 Å². The highest BCUT2D eigenvalue weighted by Gasteiger charge is 2.21. The summed E-state index contributed by atoms with van der Waals surface area (Å²) in [6.07, 6.45) is 2.78. The molecule has 2 aromatic rings. The third-order valence-corrected chi connectivity index (χ3v) is 2.42. The lowest BCUT2D eigenvalue weighted by molar-refractivity contribution is -0.137. The van der Waals surface area contributed by atoms with Crippen LogP contribution in [0.3, 0.4) is 0 Å². The van der Waals surface area contributed by atoms with Crippen LogP contribution in [-0.2, 0) is 4.79 Å². The fourth-order valence-electron chi connectivity index (χ4n) is 1.64. The Morgan fingerprint density at radius 1 is 1.35 bits per heavy atom. The lowest BCUT2D eigenvalue weighted by atomic mass is 9.95. The van der Waals surface area contributed by atoms with E-state index in [1.807, 2.05) is 0 Å². The monoisotopic (exact) mass is 233 g/mol. The Labute approximate surface area is 97.3 Å². The van der Waals surface area contributed by atoms with E-state index in [4.69, 9.17) is 9.52 Å². The molecule has 1 aromatic carbocycles. The number of benzene rings is 1. The van der Waals surface area contributed by atoms with Crippen molar-refractivity contribution in [3.05, 3.63) is 48.2 Å². The average Bonchev–Trinajstić information content (AvgIpc) is 2.80. The fraction of sp³-hybridized carbons (Fsp3) is 0.167. The van der Waals surface area contributed by atoms with Gasteiger partial charge in [0.1, 0.15) is 12.0 Å². The standard InChI is InChI=1S/C12H11NO4/c14-9-3-1-8(2-4-9)10(7-11(15)16)12-13-5-6-17-12/h1-6,10,14H,7H2,(H,15,16). The second-order valence-electron chi connectivity index (χ2n) is 3.61. The van der Waals surface area contributed by atoms with Crippen molar-refractivity contribution in [3.8, 4) is 5.75 Å². The van der Waals surface area contributed by atoms with Crippen LogP contribution in [0.4, 0.5) is 0 Å². The molecule has 1 unspecified atom stereocenters. The summed E-state index contributed by atoms with van der Waals surface area (Å²) in [5.74, 6) is -0.877. The first-order chi connectivity index (χ1) is 8.16. The molecule has 1 atom stereocenters. The second-order valence-corrected chi connectivity index (χ2v) is 3.61. The zero-order valence-electron chi connectivity index (χ0n) is 8.91. The summed E-state index contributed by atoms with van der Waals surface area (Å²) >= 11 is 0. The summed E-state index contributed by atoms with van der Waals surface area (Å²) in [5.41, 5.74) is 0.743. The van der Waals surface area contributed by atoms with Gasteiger partial charge in [0.25, 0.3) is 0 Å². The van der Waals surface area contributed by atoms with E-state index in [1.54, 1.807) is 12.1 Å². The van der Waals surface area contributed by atoms with Crippen LogP contribution >= 0.6 is 0 Å². The van der Waals surface area contributed by atoms with E-state index < -0.39 is 11.9 Å². The van der Waals surface area contributed by atoms with Gasteiger partial charge in [0.2, 0.25) is 5.89 Å². The molecule has 0 saturated carbocycles. The van der Waals surface area contributed by atoms with E-state index >= 15 is 0 Å². The summed E-state index contributed by atoms with van der Waals surface area (Å²) in [4.78, 5) is 14.8. The molecule has 0 fully saturated rings. The Balaban J connectivity index is 2.33. The van der Waals surface area contributed by atoms with Crippen molar-refractivity contribution < 1.29 is 19.4 Å². The molecule has 5 heteroatoms. The minimum absolute atomic E-state index is 0.106. The van der Waals surface area contributed by atoms with Gasteiger partial charge in [-0.2, -0.15) is 0 Å². The van der Waals surface area contributed by atoms with E-state index in [-0.39, 0.29) is 12.2 Å². The first-order valence-corrected chi connectivity index (χ1v) is 5.07. The second kappa shape index (κ2) is 4.69. The summed E-state index contributed by atoms with van der Waals surface area (Å²) in [5, 5.41) is 18.1. The minimum Gasteiger partial charge on any atom is -0.508 e. The van der Waals surface area contributed by atoms with Crippen molar-refractivity contribution in [2.24, 2.45) is 0 Å². The normalized spacial score (nSPS) is 12.2. The smallest absolute Gasteiger partial charge is 0.304 e. The van der Waals surface area contributed by atoms with Gasteiger partial charge in [0, 0.05) is 0 Å². The number of hydrogen-bond donors (Lipinski definition) is 2. The molecule has 2 N–H and O–H groups in total. The number of phenolic OH excluding ortho intramolecular Hbond substituents is 1. The van der Waals surface area contributed by atoms with Gasteiger partial charge < -0.3 is 14.6 Å². The van der Waals surface area contributed by atoms with E-state index in [2.05, 4.69) is 4.98 Å². The highest BCUT2D eigenvalue weighted by molar-refractivity contribution is 5.68. The molecule has 0 spiro atoms. The third-order valence-electron chi connectivity index (χ3n) is 2.42. The molecule has 5 nitrogen and oxygen atoms in total. The predicted molar refractivity (Wildman–Crippen MR) is 58.7 cm³/mol. The number of aromatic nitrogens is 1. The summed E-state index contributed by atoms with van der Waals surface area (Å²) in [6.45, 7) is 0. The third kappa shape index (κ3) is 2.63. The summed E-state index contributed by atoms with van der Waals surface area (Å²) < 4.78 is 5.14. The maximum absolute atomic E-state index is 10.8. The van der Waals surface area contributed by atoms with Gasteiger partial charge in [-0.15, -0.1) is 0 Å². The van der Waals surface area contributed by atoms with E-state index in [1.165, 1.54) is 24.6 Å². The molecule has 1 aromatic heterocycles. The number of phenols is 1. The molecule has 0 aliphatic rings. The number of rotatable bonds is 4. The van der Waals surface area contributed by atoms with Crippen LogP contribution in [0.2, 0.25) is 0 Å². The van der Waals surface area contributed by atoms with Gasteiger partial charge in [-0.25, -0.2) is 4.98 Å². The highest BCUT2D eigenvalue weighted by Crippen LogP contribution is 2.27. The van der Waals surface area contributed by atoms with Crippen LogP contribution in [0.15, 0.2) is 41.1 Å². The zero-order chi connectivity index (χ0) is 12.3. The van der Waals surface area contributed by atoms with E-state index in [9.17, 15) is 9.90 Å². The first-order valence-electron chi connectivity index (χ1n) is 5.07. The van der Waals surface area contributed by atoms with Crippen molar-refractivity contribution in [1.82, 2.24) is 4.98 Å². The van der Waals surface area contributed by atoms with Crippen LogP contribution in [0.5, 0.6) is 5.75 Å². The van der Waals surface area contributed by atoms with Crippen molar-refractivity contribution in [1.29, 1.82) is 0 Å². The molecule has 17 heavy (non-hydrogen) atoms. The Morgan fingerprint density at radius 3 is 2.59 bits per heavy atom. The number of carboxylic acids is 1.